The standard InChI is InChI=1S/C10H21NO/c1-4-5-12-9-6-10(8(2)3)11-7-9/h8-11H,4-7H2,1-3H3. The van der Waals surface area contributed by atoms with Gasteiger partial charge in [0.15, 0.2) is 0 Å². The van der Waals surface area contributed by atoms with Crippen molar-refractivity contribution in [2.24, 2.45) is 5.92 Å². The first-order chi connectivity index (χ1) is 5.74. The van der Waals surface area contributed by atoms with Gasteiger partial charge in [0, 0.05) is 19.2 Å². The maximum atomic E-state index is 5.67. The second kappa shape index (κ2) is 4.83. The molecular weight excluding hydrogens is 150 g/mol. The Hall–Kier alpha value is -0.0800. The Morgan fingerprint density at radius 1 is 1.50 bits per heavy atom. The van der Waals surface area contributed by atoms with Gasteiger partial charge < -0.3 is 10.1 Å². The summed E-state index contributed by atoms with van der Waals surface area (Å²) in [5.41, 5.74) is 0. The third-order valence-electron chi connectivity index (χ3n) is 2.49. The van der Waals surface area contributed by atoms with Crippen LogP contribution in [0.4, 0.5) is 0 Å². The van der Waals surface area contributed by atoms with Gasteiger partial charge in [-0.2, -0.15) is 0 Å². The molecule has 0 aliphatic carbocycles. The molecule has 2 heteroatoms. The fourth-order valence-corrected chi connectivity index (χ4v) is 1.65. The minimum absolute atomic E-state index is 0.470. The number of hydrogen-bond donors (Lipinski definition) is 1. The van der Waals surface area contributed by atoms with E-state index in [-0.39, 0.29) is 0 Å². The van der Waals surface area contributed by atoms with Crippen LogP contribution < -0.4 is 5.32 Å². The molecule has 12 heavy (non-hydrogen) atoms. The van der Waals surface area contributed by atoms with Crippen LogP contribution in [0.15, 0.2) is 0 Å². The Kier molecular flexibility index (Phi) is 4.02. The minimum Gasteiger partial charge on any atom is -0.377 e. The molecule has 2 atom stereocenters. The van der Waals surface area contributed by atoms with Crippen LogP contribution in [-0.2, 0) is 4.74 Å². The molecule has 1 saturated heterocycles. The number of ether oxygens (including phenoxy) is 1. The summed E-state index contributed by atoms with van der Waals surface area (Å²) in [7, 11) is 0. The van der Waals surface area contributed by atoms with Crippen LogP contribution in [0.3, 0.4) is 0 Å². The summed E-state index contributed by atoms with van der Waals surface area (Å²) in [6.07, 6.45) is 2.79. The van der Waals surface area contributed by atoms with E-state index >= 15 is 0 Å². The average molecular weight is 171 g/mol. The van der Waals surface area contributed by atoms with Crippen molar-refractivity contribution in [3.8, 4) is 0 Å². The first kappa shape index (κ1) is 10.0. The minimum atomic E-state index is 0.470. The van der Waals surface area contributed by atoms with E-state index in [4.69, 9.17) is 4.74 Å². The predicted molar refractivity (Wildman–Crippen MR) is 51.3 cm³/mol. The molecule has 2 nitrogen and oxygen atoms in total. The zero-order valence-corrected chi connectivity index (χ0v) is 8.47. The van der Waals surface area contributed by atoms with Crippen molar-refractivity contribution in [2.45, 2.75) is 45.8 Å². The second-order valence-corrected chi connectivity index (χ2v) is 3.99. The zero-order valence-electron chi connectivity index (χ0n) is 8.47. The molecule has 1 aliphatic rings. The fraction of sp³-hybridized carbons (Fsp3) is 1.00. The van der Waals surface area contributed by atoms with Crippen molar-refractivity contribution >= 4 is 0 Å². The monoisotopic (exact) mass is 171 g/mol. The van der Waals surface area contributed by atoms with Gasteiger partial charge in [0.05, 0.1) is 6.10 Å². The van der Waals surface area contributed by atoms with Crippen LogP contribution >= 0.6 is 0 Å². The van der Waals surface area contributed by atoms with Gasteiger partial charge >= 0.3 is 0 Å². The Morgan fingerprint density at radius 2 is 2.25 bits per heavy atom. The number of hydrogen-bond acceptors (Lipinski definition) is 2. The van der Waals surface area contributed by atoms with Crippen LogP contribution in [0.25, 0.3) is 0 Å². The summed E-state index contributed by atoms with van der Waals surface area (Å²) in [5, 5.41) is 3.49. The molecule has 72 valence electrons. The first-order valence-electron chi connectivity index (χ1n) is 5.09. The van der Waals surface area contributed by atoms with E-state index in [1.165, 1.54) is 6.42 Å². The second-order valence-electron chi connectivity index (χ2n) is 3.99. The highest BCUT2D eigenvalue weighted by Crippen LogP contribution is 2.16. The Bertz CT molecular complexity index is 125. The van der Waals surface area contributed by atoms with Crippen LogP contribution in [0, 0.1) is 5.92 Å². The summed E-state index contributed by atoms with van der Waals surface area (Å²) in [6, 6.07) is 0.673. The van der Waals surface area contributed by atoms with E-state index in [0.717, 1.165) is 25.5 Å². The summed E-state index contributed by atoms with van der Waals surface area (Å²) in [4.78, 5) is 0. The molecule has 0 bridgehead atoms. The van der Waals surface area contributed by atoms with Crippen LogP contribution in [0.2, 0.25) is 0 Å². The lowest BCUT2D eigenvalue weighted by molar-refractivity contribution is 0.0649. The van der Waals surface area contributed by atoms with Crippen molar-refractivity contribution in [2.75, 3.05) is 13.2 Å². The Labute approximate surface area is 75.7 Å². The number of nitrogens with one attached hydrogen (secondary N) is 1. The van der Waals surface area contributed by atoms with Gasteiger partial charge in [-0.1, -0.05) is 20.8 Å². The molecule has 0 aromatic heterocycles. The summed E-state index contributed by atoms with van der Waals surface area (Å²) in [5.74, 6) is 0.736. The van der Waals surface area contributed by atoms with E-state index < -0.39 is 0 Å². The van der Waals surface area contributed by atoms with E-state index in [9.17, 15) is 0 Å². The van der Waals surface area contributed by atoms with Crippen LogP contribution in [0.5, 0.6) is 0 Å². The van der Waals surface area contributed by atoms with E-state index in [0.29, 0.717) is 12.1 Å². The molecule has 0 aromatic carbocycles. The van der Waals surface area contributed by atoms with Gasteiger partial charge in [-0.3, -0.25) is 0 Å². The molecule has 1 N–H and O–H groups in total. The molecule has 1 aliphatic heterocycles. The molecule has 1 heterocycles. The maximum Gasteiger partial charge on any atom is 0.0714 e. The van der Waals surface area contributed by atoms with Crippen molar-refractivity contribution in [3.05, 3.63) is 0 Å². The van der Waals surface area contributed by atoms with E-state index in [2.05, 4.69) is 26.1 Å². The average Bonchev–Trinajstić information content (AvgIpc) is 2.48. The van der Waals surface area contributed by atoms with E-state index in [1.54, 1.807) is 0 Å². The highest BCUT2D eigenvalue weighted by atomic mass is 16.5. The predicted octanol–water partition coefficient (Wildman–Crippen LogP) is 1.80. The molecular formula is C10H21NO. The quantitative estimate of drug-likeness (QED) is 0.696. The zero-order chi connectivity index (χ0) is 8.97. The SMILES string of the molecule is CCCOC1CNC(C(C)C)C1. The van der Waals surface area contributed by atoms with Crippen molar-refractivity contribution in [1.82, 2.24) is 5.32 Å². The van der Waals surface area contributed by atoms with Gasteiger partial charge in [0.2, 0.25) is 0 Å². The highest BCUT2D eigenvalue weighted by molar-refractivity contribution is 4.84. The molecule has 0 saturated carbocycles. The van der Waals surface area contributed by atoms with Gasteiger partial charge in [-0.15, -0.1) is 0 Å². The summed E-state index contributed by atoms with van der Waals surface area (Å²) in [6.45, 7) is 8.64. The third kappa shape index (κ3) is 2.76. The lowest BCUT2D eigenvalue weighted by Gasteiger charge is -2.14. The molecule has 1 fully saturated rings. The van der Waals surface area contributed by atoms with Gasteiger partial charge in [-0.05, 0) is 18.8 Å². The van der Waals surface area contributed by atoms with Gasteiger partial charge in [-0.25, -0.2) is 0 Å². The molecule has 1 rings (SSSR count). The maximum absolute atomic E-state index is 5.67. The summed E-state index contributed by atoms with van der Waals surface area (Å²) >= 11 is 0. The Morgan fingerprint density at radius 3 is 2.75 bits per heavy atom. The first-order valence-corrected chi connectivity index (χ1v) is 5.09. The van der Waals surface area contributed by atoms with Crippen molar-refractivity contribution < 1.29 is 4.74 Å². The topological polar surface area (TPSA) is 21.3 Å². The lowest BCUT2D eigenvalue weighted by Crippen LogP contribution is -2.26. The van der Waals surface area contributed by atoms with Crippen LogP contribution in [0.1, 0.15) is 33.6 Å². The van der Waals surface area contributed by atoms with Crippen molar-refractivity contribution in [1.29, 1.82) is 0 Å². The molecule has 0 radical (unpaired) electrons. The molecule has 2 unspecified atom stereocenters. The lowest BCUT2D eigenvalue weighted by atomic mass is 10.0. The third-order valence-corrected chi connectivity index (χ3v) is 2.49. The van der Waals surface area contributed by atoms with Crippen molar-refractivity contribution in [3.63, 3.8) is 0 Å². The molecule has 0 amide bonds. The molecule has 0 aromatic rings. The fourth-order valence-electron chi connectivity index (χ4n) is 1.65. The van der Waals surface area contributed by atoms with Gasteiger partial charge in [0.1, 0.15) is 0 Å². The Balaban J connectivity index is 2.17. The van der Waals surface area contributed by atoms with E-state index in [1.807, 2.05) is 0 Å². The largest absolute Gasteiger partial charge is 0.377 e. The summed E-state index contributed by atoms with van der Waals surface area (Å²) < 4.78 is 5.67. The smallest absolute Gasteiger partial charge is 0.0714 e. The van der Waals surface area contributed by atoms with Crippen LogP contribution in [-0.4, -0.2) is 25.3 Å². The molecule has 0 spiro atoms. The number of rotatable bonds is 4. The van der Waals surface area contributed by atoms with Gasteiger partial charge in [0.25, 0.3) is 0 Å². The normalized spacial score (nSPS) is 30.0. The highest BCUT2D eigenvalue weighted by Gasteiger charge is 2.26.